The number of amides is 2. The van der Waals surface area contributed by atoms with Crippen molar-refractivity contribution in [1.82, 2.24) is 10.6 Å². The summed E-state index contributed by atoms with van der Waals surface area (Å²) < 4.78 is 5.70. The Bertz CT molecular complexity index is 538. The number of halogens is 1. The molecule has 1 atom stereocenters. The van der Waals surface area contributed by atoms with Gasteiger partial charge in [-0.3, -0.25) is 0 Å². The fraction of sp³-hybridized carbons (Fsp3) is 0.273. The number of thiophene rings is 1. The number of rotatable bonds is 2. The number of carbonyl (C=O) groups excluding carboxylic acids is 2. The second-order valence-corrected chi connectivity index (χ2v) is 6.20. The summed E-state index contributed by atoms with van der Waals surface area (Å²) >= 11 is 4.82. The zero-order valence-electron chi connectivity index (χ0n) is 9.74. The first kappa shape index (κ1) is 13.1. The zero-order valence-corrected chi connectivity index (χ0v) is 12.1. The lowest BCUT2D eigenvalue weighted by Gasteiger charge is -2.26. The van der Waals surface area contributed by atoms with Crippen LogP contribution in [-0.4, -0.2) is 19.1 Å². The van der Waals surface area contributed by atoms with Crippen molar-refractivity contribution in [2.45, 2.75) is 13.0 Å². The first-order valence-corrected chi connectivity index (χ1v) is 6.75. The molecule has 0 fully saturated rings. The first-order chi connectivity index (χ1) is 8.52. The monoisotopic (exact) mass is 330 g/mol. The number of methoxy groups -OCH3 is 1. The van der Waals surface area contributed by atoms with Gasteiger partial charge < -0.3 is 15.4 Å². The molecule has 2 N–H and O–H groups in total. The summed E-state index contributed by atoms with van der Waals surface area (Å²) in [4.78, 5) is 24.2. The van der Waals surface area contributed by atoms with Gasteiger partial charge in [0.25, 0.3) is 0 Å². The molecule has 0 radical (unpaired) electrons. The van der Waals surface area contributed by atoms with Gasteiger partial charge in [-0.05, 0) is 35.0 Å². The fourth-order valence-corrected chi connectivity index (χ4v) is 3.26. The minimum absolute atomic E-state index is 0.324. The van der Waals surface area contributed by atoms with Crippen LogP contribution in [0.2, 0.25) is 0 Å². The molecule has 0 bridgehead atoms. The molecule has 1 aromatic rings. The van der Waals surface area contributed by atoms with Crippen LogP contribution in [0.5, 0.6) is 0 Å². The quantitative estimate of drug-likeness (QED) is 0.817. The number of ether oxygens (including phenoxy) is 1. The third-order valence-electron chi connectivity index (χ3n) is 2.55. The van der Waals surface area contributed by atoms with Gasteiger partial charge in [-0.25, -0.2) is 9.59 Å². The van der Waals surface area contributed by atoms with Crippen molar-refractivity contribution in [3.8, 4) is 0 Å². The van der Waals surface area contributed by atoms with Gasteiger partial charge in [0.2, 0.25) is 0 Å². The number of urea groups is 1. The van der Waals surface area contributed by atoms with Crippen LogP contribution < -0.4 is 10.6 Å². The molecule has 5 nitrogen and oxygen atoms in total. The lowest BCUT2D eigenvalue weighted by Crippen LogP contribution is -2.45. The average Bonchev–Trinajstić information content (AvgIpc) is 2.74. The van der Waals surface area contributed by atoms with Gasteiger partial charge >= 0.3 is 12.0 Å². The predicted octanol–water partition coefficient (Wildman–Crippen LogP) is 2.31. The van der Waals surface area contributed by atoms with E-state index in [1.807, 2.05) is 12.1 Å². The Kier molecular flexibility index (Phi) is 3.72. The number of hydrogen-bond donors (Lipinski definition) is 2. The van der Waals surface area contributed by atoms with E-state index in [1.165, 1.54) is 18.4 Å². The van der Waals surface area contributed by atoms with E-state index in [0.29, 0.717) is 11.3 Å². The molecular formula is C11H11BrN2O3S. The highest BCUT2D eigenvalue weighted by atomic mass is 79.9. The maximum Gasteiger partial charge on any atom is 0.338 e. The molecule has 1 aromatic heterocycles. The SMILES string of the molecule is COC(=O)C1=C(C)NC(=O)N[C@H]1c1ccc(Br)s1. The summed E-state index contributed by atoms with van der Waals surface area (Å²) in [6.45, 7) is 1.68. The van der Waals surface area contributed by atoms with Gasteiger partial charge in [0.1, 0.15) is 0 Å². The Labute approximate surface area is 116 Å². The average molecular weight is 331 g/mol. The summed E-state index contributed by atoms with van der Waals surface area (Å²) in [7, 11) is 1.32. The van der Waals surface area contributed by atoms with Gasteiger partial charge in [0, 0.05) is 10.6 Å². The number of carbonyl (C=O) groups is 2. The number of allylic oxidation sites excluding steroid dienone is 1. The maximum atomic E-state index is 11.8. The van der Waals surface area contributed by atoms with Crippen LogP contribution in [-0.2, 0) is 9.53 Å². The number of nitrogens with one attached hydrogen (secondary N) is 2. The van der Waals surface area contributed by atoms with E-state index in [1.54, 1.807) is 6.92 Å². The van der Waals surface area contributed by atoms with Gasteiger partial charge in [-0.15, -0.1) is 11.3 Å². The zero-order chi connectivity index (χ0) is 13.3. The maximum absolute atomic E-state index is 11.8. The highest BCUT2D eigenvalue weighted by molar-refractivity contribution is 9.11. The summed E-state index contributed by atoms with van der Waals surface area (Å²) in [6.07, 6.45) is 0. The molecule has 0 aromatic carbocycles. The largest absolute Gasteiger partial charge is 0.466 e. The van der Waals surface area contributed by atoms with E-state index in [9.17, 15) is 9.59 Å². The second-order valence-electron chi connectivity index (χ2n) is 3.70. The van der Waals surface area contributed by atoms with E-state index in [-0.39, 0.29) is 6.03 Å². The van der Waals surface area contributed by atoms with Crippen molar-refractivity contribution in [1.29, 1.82) is 0 Å². The Morgan fingerprint density at radius 2 is 2.22 bits per heavy atom. The van der Waals surface area contributed by atoms with E-state index in [0.717, 1.165) is 8.66 Å². The van der Waals surface area contributed by atoms with Crippen LogP contribution in [0, 0.1) is 0 Å². The summed E-state index contributed by atoms with van der Waals surface area (Å²) in [5.41, 5.74) is 0.937. The number of esters is 1. The van der Waals surface area contributed by atoms with E-state index < -0.39 is 12.0 Å². The molecule has 0 unspecified atom stereocenters. The van der Waals surface area contributed by atoms with Crippen LogP contribution in [0.3, 0.4) is 0 Å². The minimum Gasteiger partial charge on any atom is -0.466 e. The Morgan fingerprint density at radius 3 is 2.78 bits per heavy atom. The van der Waals surface area contributed by atoms with E-state index in [4.69, 9.17) is 4.74 Å². The van der Waals surface area contributed by atoms with Gasteiger partial charge in [-0.2, -0.15) is 0 Å². The van der Waals surface area contributed by atoms with Crippen molar-refractivity contribution in [3.63, 3.8) is 0 Å². The van der Waals surface area contributed by atoms with Crippen molar-refractivity contribution >= 4 is 39.3 Å². The van der Waals surface area contributed by atoms with Crippen molar-refractivity contribution in [2.75, 3.05) is 7.11 Å². The number of hydrogen-bond acceptors (Lipinski definition) is 4. The van der Waals surface area contributed by atoms with Gasteiger partial charge in [0.15, 0.2) is 0 Å². The Balaban J connectivity index is 2.45. The third-order valence-corrected chi connectivity index (χ3v) is 4.24. The highest BCUT2D eigenvalue weighted by Gasteiger charge is 2.32. The molecule has 1 aliphatic rings. The summed E-state index contributed by atoms with van der Waals surface area (Å²) in [6, 6.07) is 2.94. The molecule has 1 aliphatic heterocycles. The van der Waals surface area contributed by atoms with Crippen molar-refractivity contribution < 1.29 is 14.3 Å². The topological polar surface area (TPSA) is 67.4 Å². The third kappa shape index (κ3) is 2.41. The molecule has 96 valence electrons. The van der Waals surface area contributed by atoms with Crippen LogP contribution in [0.1, 0.15) is 17.8 Å². The van der Waals surface area contributed by atoms with Crippen molar-refractivity contribution in [3.05, 3.63) is 32.1 Å². The molecule has 0 saturated carbocycles. The molecule has 2 heterocycles. The summed E-state index contributed by atoms with van der Waals surface area (Å²) in [5.74, 6) is -0.450. The van der Waals surface area contributed by atoms with Crippen LogP contribution in [0.15, 0.2) is 27.2 Å². The van der Waals surface area contributed by atoms with Crippen molar-refractivity contribution in [2.24, 2.45) is 0 Å². The lowest BCUT2D eigenvalue weighted by molar-refractivity contribution is -0.136. The standard InChI is InChI=1S/C11H11BrN2O3S/c1-5-8(10(15)17-2)9(14-11(16)13-5)6-3-4-7(12)18-6/h3-4,9H,1-2H3,(H2,13,14,16)/t9-/m0/s1. The molecule has 7 heteroatoms. The predicted molar refractivity (Wildman–Crippen MR) is 71.1 cm³/mol. The smallest absolute Gasteiger partial charge is 0.338 e. The molecular weight excluding hydrogens is 320 g/mol. The second kappa shape index (κ2) is 5.11. The normalized spacial score (nSPS) is 19.3. The van der Waals surface area contributed by atoms with Gasteiger partial charge in [0.05, 0.1) is 22.5 Å². The molecule has 0 aliphatic carbocycles. The molecule has 0 spiro atoms. The van der Waals surface area contributed by atoms with Crippen LogP contribution in [0.4, 0.5) is 4.79 Å². The van der Waals surface area contributed by atoms with Crippen LogP contribution in [0.25, 0.3) is 0 Å². The minimum atomic E-state index is -0.470. The van der Waals surface area contributed by atoms with E-state index >= 15 is 0 Å². The molecule has 2 amide bonds. The first-order valence-electron chi connectivity index (χ1n) is 5.14. The van der Waals surface area contributed by atoms with Gasteiger partial charge in [-0.1, -0.05) is 0 Å². The highest BCUT2D eigenvalue weighted by Crippen LogP contribution is 2.33. The fourth-order valence-electron chi connectivity index (χ4n) is 1.77. The molecule has 0 saturated heterocycles. The molecule has 2 rings (SSSR count). The van der Waals surface area contributed by atoms with E-state index in [2.05, 4.69) is 26.6 Å². The van der Waals surface area contributed by atoms with Crippen LogP contribution >= 0.6 is 27.3 Å². The lowest BCUT2D eigenvalue weighted by atomic mass is 10.0. The summed E-state index contributed by atoms with van der Waals surface area (Å²) in [5, 5.41) is 5.30. The molecule has 18 heavy (non-hydrogen) atoms. The Hall–Kier alpha value is -1.34. The Morgan fingerprint density at radius 1 is 1.50 bits per heavy atom.